The third-order valence-electron chi connectivity index (χ3n) is 1.68. The summed E-state index contributed by atoms with van der Waals surface area (Å²) >= 11 is 5.46. The molecule has 0 atom stereocenters. The summed E-state index contributed by atoms with van der Waals surface area (Å²) in [5.41, 5.74) is 0.645. The van der Waals surface area contributed by atoms with Gasteiger partial charge in [0.15, 0.2) is 0 Å². The van der Waals surface area contributed by atoms with E-state index in [4.69, 9.17) is 11.6 Å². The van der Waals surface area contributed by atoms with E-state index in [0.29, 0.717) is 17.9 Å². The minimum Gasteiger partial charge on any atom is -0.406 e. The van der Waals surface area contributed by atoms with Crippen LogP contribution in [0.1, 0.15) is 12.0 Å². The van der Waals surface area contributed by atoms with Crippen LogP contribution in [0.4, 0.5) is 13.2 Å². The van der Waals surface area contributed by atoms with Crippen molar-refractivity contribution in [3.63, 3.8) is 0 Å². The fourth-order valence-corrected chi connectivity index (χ4v) is 1.22. The van der Waals surface area contributed by atoms with Gasteiger partial charge in [0.1, 0.15) is 5.75 Å². The van der Waals surface area contributed by atoms with Crippen molar-refractivity contribution in [2.24, 2.45) is 0 Å². The predicted molar refractivity (Wildman–Crippen MR) is 57.5 cm³/mol. The van der Waals surface area contributed by atoms with Crippen molar-refractivity contribution in [3.05, 3.63) is 35.9 Å². The summed E-state index contributed by atoms with van der Waals surface area (Å²) in [5, 5.41) is 0. The second-order valence-corrected chi connectivity index (χ2v) is 3.38. The van der Waals surface area contributed by atoms with Crippen LogP contribution >= 0.6 is 11.6 Å². The fourth-order valence-electron chi connectivity index (χ4n) is 1.10. The summed E-state index contributed by atoms with van der Waals surface area (Å²) in [6, 6.07) is 5.76. The van der Waals surface area contributed by atoms with E-state index in [1.165, 1.54) is 18.2 Å². The molecular formula is C11H10ClF3O. The van der Waals surface area contributed by atoms with Crippen LogP contribution in [0, 0.1) is 0 Å². The van der Waals surface area contributed by atoms with Gasteiger partial charge in [-0.15, -0.1) is 24.8 Å². The highest BCUT2D eigenvalue weighted by atomic mass is 35.5. The van der Waals surface area contributed by atoms with Gasteiger partial charge in [-0.1, -0.05) is 24.3 Å². The van der Waals surface area contributed by atoms with Gasteiger partial charge in [0.2, 0.25) is 0 Å². The van der Waals surface area contributed by atoms with Crippen molar-refractivity contribution >= 4 is 17.7 Å². The van der Waals surface area contributed by atoms with Gasteiger partial charge in [0.25, 0.3) is 0 Å². The van der Waals surface area contributed by atoms with Crippen LogP contribution in [0.3, 0.4) is 0 Å². The summed E-state index contributed by atoms with van der Waals surface area (Å²) in [6.45, 7) is 0. The van der Waals surface area contributed by atoms with Crippen molar-refractivity contribution in [2.75, 3.05) is 5.88 Å². The lowest BCUT2D eigenvalue weighted by Gasteiger charge is -2.08. The monoisotopic (exact) mass is 250 g/mol. The Balaban J connectivity index is 2.71. The molecule has 0 unspecified atom stereocenters. The molecule has 1 aromatic carbocycles. The van der Waals surface area contributed by atoms with Gasteiger partial charge in [-0.05, 0) is 24.1 Å². The number of hydrogen-bond acceptors (Lipinski definition) is 1. The SMILES string of the molecule is FC(F)(F)Oc1cccc(C=CCCCl)c1. The number of ether oxygens (including phenoxy) is 1. The maximum atomic E-state index is 11.9. The lowest BCUT2D eigenvalue weighted by Crippen LogP contribution is -2.17. The van der Waals surface area contributed by atoms with Gasteiger partial charge in [0, 0.05) is 5.88 Å². The maximum absolute atomic E-state index is 11.9. The molecule has 0 saturated heterocycles. The molecule has 0 bridgehead atoms. The van der Waals surface area contributed by atoms with Gasteiger partial charge in [-0.3, -0.25) is 0 Å². The number of benzene rings is 1. The molecule has 0 aliphatic carbocycles. The van der Waals surface area contributed by atoms with E-state index in [1.54, 1.807) is 18.2 Å². The summed E-state index contributed by atoms with van der Waals surface area (Å²) in [5.74, 6) is 0.260. The summed E-state index contributed by atoms with van der Waals surface area (Å²) < 4.78 is 39.6. The Morgan fingerprint density at radius 2 is 2.06 bits per heavy atom. The standard InChI is InChI=1S/C11H10ClF3O/c12-7-2-1-4-9-5-3-6-10(8-9)16-11(13,14)15/h1,3-6,8H,2,7H2. The van der Waals surface area contributed by atoms with Crippen molar-refractivity contribution < 1.29 is 17.9 Å². The molecule has 16 heavy (non-hydrogen) atoms. The highest BCUT2D eigenvalue weighted by Crippen LogP contribution is 2.23. The summed E-state index contributed by atoms with van der Waals surface area (Å²) in [6.07, 6.45) is -0.490. The van der Waals surface area contributed by atoms with Crippen molar-refractivity contribution in [1.29, 1.82) is 0 Å². The molecule has 0 aliphatic rings. The first kappa shape index (κ1) is 12.9. The third kappa shape index (κ3) is 5.07. The first-order chi connectivity index (χ1) is 7.51. The zero-order chi connectivity index (χ0) is 12.0. The predicted octanol–water partition coefficient (Wildman–Crippen LogP) is 4.23. The largest absolute Gasteiger partial charge is 0.573 e. The van der Waals surface area contributed by atoms with Crippen LogP contribution in [0.2, 0.25) is 0 Å². The lowest BCUT2D eigenvalue weighted by molar-refractivity contribution is -0.274. The van der Waals surface area contributed by atoms with Gasteiger partial charge >= 0.3 is 6.36 Å². The van der Waals surface area contributed by atoms with Crippen LogP contribution in [0.15, 0.2) is 30.3 Å². The third-order valence-corrected chi connectivity index (χ3v) is 1.90. The average Bonchev–Trinajstić information content (AvgIpc) is 2.16. The molecule has 1 rings (SSSR count). The second kappa shape index (κ2) is 5.80. The molecule has 0 fully saturated rings. The molecule has 0 heterocycles. The molecule has 5 heteroatoms. The molecule has 0 N–H and O–H groups in total. The topological polar surface area (TPSA) is 9.23 Å². The smallest absolute Gasteiger partial charge is 0.406 e. The van der Waals surface area contributed by atoms with Gasteiger partial charge in [0.05, 0.1) is 0 Å². The zero-order valence-electron chi connectivity index (χ0n) is 8.30. The maximum Gasteiger partial charge on any atom is 0.573 e. The van der Waals surface area contributed by atoms with E-state index in [1.807, 2.05) is 0 Å². The highest BCUT2D eigenvalue weighted by molar-refractivity contribution is 6.17. The molecule has 0 aliphatic heterocycles. The molecule has 1 nitrogen and oxygen atoms in total. The first-order valence-corrected chi connectivity index (χ1v) is 5.13. The number of halogens is 4. The Hall–Kier alpha value is -1.16. The van der Waals surface area contributed by atoms with E-state index in [2.05, 4.69) is 4.74 Å². The quantitative estimate of drug-likeness (QED) is 0.727. The minimum atomic E-state index is -4.65. The van der Waals surface area contributed by atoms with Gasteiger partial charge in [-0.2, -0.15) is 0 Å². The lowest BCUT2D eigenvalue weighted by atomic mass is 10.2. The summed E-state index contributed by atoms with van der Waals surface area (Å²) in [7, 11) is 0. The van der Waals surface area contributed by atoms with Crippen molar-refractivity contribution in [2.45, 2.75) is 12.8 Å². The van der Waals surface area contributed by atoms with E-state index in [9.17, 15) is 13.2 Å². The van der Waals surface area contributed by atoms with Crippen LogP contribution in [-0.4, -0.2) is 12.2 Å². The molecule has 0 radical (unpaired) electrons. The van der Waals surface area contributed by atoms with Crippen molar-refractivity contribution in [3.8, 4) is 5.75 Å². The van der Waals surface area contributed by atoms with Crippen LogP contribution < -0.4 is 4.74 Å². The molecule has 0 aromatic heterocycles. The molecule has 1 aromatic rings. The Morgan fingerprint density at radius 3 is 2.69 bits per heavy atom. The number of allylic oxidation sites excluding steroid dienone is 1. The molecule has 0 spiro atoms. The van der Waals surface area contributed by atoms with E-state index in [0.717, 1.165) is 0 Å². The number of hydrogen-bond donors (Lipinski definition) is 0. The Labute approximate surface area is 96.5 Å². The Kier molecular flexibility index (Phi) is 4.68. The number of alkyl halides is 4. The molecular weight excluding hydrogens is 241 g/mol. The van der Waals surface area contributed by atoms with Gasteiger partial charge in [-0.25, -0.2) is 0 Å². The van der Waals surface area contributed by atoms with Crippen LogP contribution in [-0.2, 0) is 0 Å². The summed E-state index contributed by atoms with van der Waals surface area (Å²) in [4.78, 5) is 0. The zero-order valence-corrected chi connectivity index (χ0v) is 9.05. The van der Waals surface area contributed by atoms with E-state index in [-0.39, 0.29) is 5.75 Å². The second-order valence-electron chi connectivity index (χ2n) is 3.00. The average molecular weight is 251 g/mol. The highest BCUT2D eigenvalue weighted by Gasteiger charge is 2.30. The first-order valence-electron chi connectivity index (χ1n) is 4.59. The van der Waals surface area contributed by atoms with Crippen LogP contribution in [0.5, 0.6) is 5.75 Å². The van der Waals surface area contributed by atoms with E-state index < -0.39 is 6.36 Å². The Morgan fingerprint density at radius 1 is 1.31 bits per heavy atom. The Bertz CT molecular complexity index is 360. The molecule has 88 valence electrons. The van der Waals surface area contributed by atoms with Crippen LogP contribution in [0.25, 0.3) is 6.08 Å². The molecule has 0 amide bonds. The fraction of sp³-hybridized carbons (Fsp3) is 0.273. The normalized spacial score (nSPS) is 12.0. The minimum absolute atomic E-state index is 0.222. The molecule has 0 saturated carbocycles. The van der Waals surface area contributed by atoms with Gasteiger partial charge < -0.3 is 4.74 Å². The van der Waals surface area contributed by atoms with Crippen molar-refractivity contribution in [1.82, 2.24) is 0 Å². The van der Waals surface area contributed by atoms with E-state index >= 15 is 0 Å². The number of rotatable bonds is 4.